The molecule has 2 aromatic carbocycles. The highest BCUT2D eigenvalue weighted by Crippen LogP contribution is 2.33. The lowest BCUT2D eigenvalue weighted by molar-refractivity contribution is 0.0982. The maximum absolute atomic E-state index is 14.1. The zero-order chi connectivity index (χ0) is 20.3. The van der Waals surface area contributed by atoms with Gasteiger partial charge in [-0.3, -0.25) is 9.69 Å². The van der Waals surface area contributed by atoms with Gasteiger partial charge in [0.05, 0.1) is 10.3 Å². The molecule has 156 valence electrons. The predicted octanol–water partition coefficient (Wildman–Crippen LogP) is 5.32. The van der Waals surface area contributed by atoms with Crippen LogP contribution in [0.3, 0.4) is 0 Å². The van der Waals surface area contributed by atoms with E-state index >= 15 is 0 Å². The van der Waals surface area contributed by atoms with Crippen LogP contribution in [0.2, 0.25) is 0 Å². The molecule has 0 aliphatic heterocycles. The van der Waals surface area contributed by atoms with Crippen molar-refractivity contribution in [2.45, 2.75) is 11.8 Å². The first-order chi connectivity index (χ1) is 13.4. The highest BCUT2D eigenvalue weighted by Gasteiger charge is 2.24. The summed E-state index contributed by atoms with van der Waals surface area (Å²) in [7, 11) is 3.83. The van der Waals surface area contributed by atoms with Gasteiger partial charge in [0.15, 0.2) is 10.9 Å². The van der Waals surface area contributed by atoms with Crippen molar-refractivity contribution in [2.24, 2.45) is 0 Å². The number of hydrogen-bond acceptors (Lipinski definition) is 5. The fourth-order valence-corrected chi connectivity index (χ4v) is 4.54. The number of rotatable bonds is 7. The van der Waals surface area contributed by atoms with E-state index in [0.29, 0.717) is 28.5 Å². The van der Waals surface area contributed by atoms with E-state index in [4.69, 9.17) is 0 Å². The fraction of sp³-hybridized carbons (Fsp3) is 0.300. The van der Waals surface area contributed by atoms with Crippen LogP contribution in [0.1, 0.15) is 17.3 Å². The number of likely N-dealkylation sites (N-methyl/N-ethyl adjacent to an activating group) is 1. The molecule has 0 aliphatic rings. The fourth-order valence-electron chi connectivity index (χ4n) is 2.72. The Kier molecular flexibility index (Phi) is 8.39. The average Bonchev–Trinajstić information content (AvgIpc) is 3.06. The van der Waals surface area contributed by atoms with Crippen molar-refractivity contribution in [1.82, 2.24) is 9.88 Å². The third-order valence-electron chi connectivity index (χ3n) is 4.07. The lowest BCUT2D eigenvalue weighted by atomic mass is 10.2. The Morgan fingerprint density at radius 3 is 2.59 bits per heavy atom. The number of thiazole rings is 1. The summed E-state index contributed by atoms with van der Waals surface area (Å²) in [6.07, 6.45) is 0. The summed E-state index contributed by atoms with van der Waals surface area (Å²) in [6.45, 7) is 3.03. The molecule has 0 fully saturated rings. The number of amides is 1. The van der Waals surface area contributed by atoms with E-state index in [1.54, 1.807) is 22.7 Å². The molecule has 0 atom stereocenters. The molecular weight excluding hydrogens is 436 g/mol. The minimum atomic E-state index is -0.723. The first-order valence-electron chi connectivity index (χ1n) is 8.84. The molecule has 0 saturated carbocycles. The van der Waals surface area contributed by atoms with E-state index in [1.807, 2.05) is 44.1 Å². The second-order valence-electron chi connectivity index (χ2n) is 6.42. The van der Waals surface area contributed by atoms with Gasteiger partial charge in [-0.2, -0.15) is 0 Å². The number of benzene rings is 2. The van der Waals surface area contributed by atoms with Crippen LogP contribution in [0.5, 0.6) is 0 Å². The van der Waals surface area contributed by atoms with Gasteiger partial charge in [0, 0.05) is 24.1 Å². The predicted molar refractivity (Wildman–Crippen MR) is 120 cm³/mol. The first kappa shape index (κ1) is 23.5. The highest BCUT2D eigenvalue weighted by molar-refractivity contribution is 7.99. The summed E-state index contributed by atoms with van der Waals surface area (Å²) < 4.78 is 28.1. The van der Waals surface area contributed by atoms with Gasteiger partial charge in [-0.05, 0) is 38.0 Å². The number of aromatic nitrogens is 1. The molecule has 3 aromatic rings. The van der Waals surface area contributed by atoms with Crippen LogP contribution in [-0.2, 0) is 0 Å². The van der Waals surface area contributed by atoms with Crippen LogP contribution in [0, 0.1) is 11.6 Å². The van der Waals surface area contributed by atoms with Gasteiger partial charge in [-0.1, -0.05) is 30.4 Å². The lowest BCUT2D eigenvalue weighted by Gasteiger charge is -2.23. The Balaban J connectivity index is 0.00000300. The quantitative estimate of drug-likeness (QED) is 0.450. The summed E-state index contributed by atoms with van der Waals surface area (Å²) in [4.78, 5) is 22.1. The van der Waals surface area contributed by atoms with Gasteiger partial charge in [0.1, 0.15) is 11.3 Å². The molecule has 1 aromatic heterocycles. The van der Waals surface area contributed by atoms with Gasteiger partial charge in [-0.15, -0.1) is 24.2 Å². The molecule has 4 nitrogen and oxygen atoms in total. The number of thioether (sulfide) groups is 1. The Labute approximate surface area is 183 Å². The molecule has 0 radical (unpaired) electrons. The van der Waals surface area contributed by atoms with E-state index in [2.05, 4.69) is 4.98 Å². The summed E-state index contributed by atoms with van der Waals surface area (Å²) in [5.41, 5.74) is 0.666. The van der Waals surface area contributed by atoms with Crippen molar-refractivity contribution in [3.8, 4) is 0 Å². The van der Waals surface area contributed by atoms with Crippen molar-refractivity contribution >= 4 is 56.8 Å². The van der Waals surface area contributed by atoms with Crippen LogP contribution in [0.4, 0.5) is 13.9 Å². The Morgan fingerprint density at radius 2 is 1.90 bits per heavy atom. The number of carbonyl (C=O) groups excluding carboxylic acids is 1. The van der Waals surface area contributed by atoms with Crippen LogP contribution < -0.4 is 4.90 Å². The molecule has 0 aliphatic carbocycles. The molecule has 0 N–H and O–H groups in total. The number of nitrogens with zero attached hydrogens (tertiary/aromatic N) is 3. The molecule has 1 heterocycles. The number of anilines is 1. The minimum Gasteiger partial charge on any atom is -0.308 e. The number of carbonyl (C=O) groups is 1. The van der Waals surface area contributed by atoms with Crippen molar-refractivity contribution in [3.05, 3.63) is 53.6 Å². The molecule has 29 heavy (non-hydrogen) atoms. The zero-order valence-electron chi connectivity index (χ0n) is 16.3. The Morgan fingerprint density at radius 1 is 1.17 bits per heavy atom. The minimum absolute atomic E-state index is 0. The first-order valence-corrected chi connectivity index (χ1v) is 10.6. The SMILES string of the molecule is CCSc1ccccc1C(=O)N(CCN(C)C)c1nc2c(F)cc(F)cc2s1.Cl. The molecule has 0 saturated heterocycles. The summed E-state index contributed by atoms with van der Waals surface area (Å²) in [6, 6.07) is 9.48. The van der Waals surface area contributed by atoms with Gasteiger partial charge >= 0.3 is 0 Å². The largest absolute Gasteiger partial charge is 0.308 e. The number of halogens is 3. The Bertz CT molecular complexity index is 997. The van der Waals surface area contributed by atoms with Crippen molar-refractivity contribution in [1.29, 1.82) is 0 Å². The molecule has 0 spiro atoms. The lowest BCUT2D eigenvalue weighted by Crippen LogP contribution is -2.37. The summed E-state index contributed by atoms with van der Waals surface area (Å²) in [5, 5.41) is 0.364. The standard InChI is InChI=1S/C20H21F2N3OS2.ClH/c1-4-27-16-8-6-5-7-14(16)19(26)25(10-9-24(2)3)20-23-18-15(22)11-13(21)12-17(18)28-20;/h5-8,11-12H,4,9-10H2,1-3H3;1H. The van der Waals surface area contributed by atoms with Crippen molar-refractivity contribution < 1.29 is 13.6 Å². The smallest absolute Gasteiger partial charge is 0.261 e. The molecular formula is C20H22ClF2N3OS2. The van der Waals surface area contributed by atoms with Gasteiger partial charge in [-0.25, -0.2) is 13.8 Å². The van der Waals surface area contributed by atoms with E-state index in [-0.39, 0.29) is 23.8 Å². The third kappa shape index (κ3) is 5.45. The second-order valence-corrected chi connectivity index (χ2v) is 8.73. The normalized spacial score (nSPS) is 11.0. The average molecular weight is 458 g/mol. The van der Waals surface area contributed by atoms with Crippen LogP contribution in [0.25, 0.3) is 10.2 Å². The van der Waals surface area contributed by atoms with Crippen molar-refractivity contribution in [3.63, 3.8) is 0 Å². The molecule has 0 bridgehead atoms. The van der Waals surface area contributed by atoms with Crippen LogP contribution in [-0.4, -0.2) is 48.7 Å². The molecule has 0 unspecified atom stereocenters. The van der Waals surface area contributed by atoms with E-state index in [1.165, 1.54) is 6.07 Å². The highest BCUT2D eigenvalue weighted by atomic mass is 35.5. The van der Waals surface area contributed by atoms with Gasteiger partial charge in [0.2, 0.25) is 0 Å². The monoisotopic (exact) mass is 457 g/mol. The van der Waals surface area contributed by atoms with Gasteiger partial charge in [0.25, 0.3) is 5.91 Å². The van der Waals surface area contributed by atoms with Crippen LogP contribution in [0.15, 0.2) is 41.3 Å². The number of fused-ring (bicyclic) bond motifs is 1. The van der Waals surface area contributed by atoms with E-state index < -0.39 is 11.6 Å². The molecule has 1 amide bonds. The molecule has 3 rings (SSSR count). The summed E-state index contributed by atoms with van der Waals surface area (Å²) in [5.74, 6) is -0.734. The Hall–Kier alpha value is -1.74. The molecule has 9 heteroatoms. The third-order valence-corrected chi connectivity index (χ3v) is 6.05. The summed E-state index contributed by atoms with van der Waals surface area (Å²) >= 11 is 2.71. The van der Waals surface area contributed by atoms with E-state index in [0.717, 1.165) is 28.1 Å². The van der Waals surface area contributed by atoms with Crippen molar-refractivity contribution in [2.75, 3.05) is 37.8 Å². The maximum Gasteiger partial charge on any atom is 0.261 e. The van der Waals surface area contributed by atoms with Crippen LogP contribution >= 0.6 is 35.5 Å². The zero-order valence-corrected chi connectivity index (χ0v) is 18.8. The van der Waals surface area contributed by atoms with Gasteiger partial charge < -0.3 is 4.90 Å². The maximum atomic E-state index is 14.1. The topological polar surface area (TPSA) is 36.4 Å². The van der Waals surface area contributed by atoms with E-state index in [9.17, 15) is 13.6 Å². The number of hydrogen-bond donors (Lipinski definition) is 0. The second kappa shape index (κ2) is 10.3.